The first-order valence-corrected chi connectivity index (χ1v) is 7.20. The molecule has 0 bridgehead atoms. The standard InChI is InChI=1S/C12H18N6S/c1-4-6-9-16-10(13-5-2)8(3)11(17-9)19-12-14-7-15-18-12/h7H,4-6H2,1-3H3,(H,13,16,17)(H,14,15,18). The maximum absolute atomic E-state index is 4.60. The quantitative estimate of drug-likeness (QED) is 0.790. The lowest BCUT2D eigenvalue weighted by atomic mass is 10.3. The number of nitrogens with zero attached hydrogens (tertiary/aromatic N) is 4. The highest BCUT2D eigenvalue weighted by molar-refractivity contribution is 7.99. The Bertz CT molecular complexity index is 525. The molecule has 0 atom stereocenters. The smallest absolute Gasteiger partial charge is 0.189 e. The Morgan fingerprint density at radius 3 is 2.79 bits per heavy atom. The Kier molecular flexibility index (Phi) is 4.73. The van der Waals surface area contributed by atoms with Crippen molar-refractivity contribution in [1.82, 2.24) is 25.1 Å². The summed E-state index contributed by atoms with van der Waals surface area (Å²) in [6.45, 7) is 7.05. The highest BCUT2D eigenvalue weighted by Crippen LogP contribution is 2.29. The lowest BCUT2D eigenvalue weighted by molar-refractivity contribution is 0.800. The molecule has 0 radical (unpaired) electrons. The number of anilines is 1. The van der Waals surface area contributed by atoms with Gasteiger partial charge in [-0.2, -0.15) is 5.10 Å². The monoisotopic (exact) mass is 278 g/mol. The Labute approximate surface area is 116 Å². The predicted molar refractivity (Wildman–Crippen MR) is 75.4 cm³/mol. The molecule has 0 saturated carbocycles. The second-order valence-electron chi connectivity index (χ2n) is 4.09. The molecule has 0 aliphatic carbocycles. The van der Waals surface area contributed by atoms with Gasteiger partial charge in [-0.25, -0.2) is 15.0 Å². The van der Waals surface area contributed by atoms with Crippen LogP contribution in [-0.4, -0.2) is 31.7 Å². The second kappa shape index (κ2) is 6.51. The lowest BCUT2D eigenvalue weighted by Crippen LogP contribution is -2.07. The van der Waals surface area contributed by atoms with Gasteiger partial charge in [-0.15, -0.1) is 0 Å². The van der Waals surface area contributed by atoms with Crippen LogP contribution in [0.4, 0.5) is 5.82 Å². The van der Waals surface area contributed by atoms with E-state index in [1.54, 1.807) is 0 Å². The fraction of sp³-hybridized carbons (Fsp3) is 0.500. The van der Waals surface area contributed by atoms with Gasteiger partial charge < -0.3 is 5.32 Å². The van der Waals surface area contributed by atoms with Crippen LogP contribution in [0.3, 0.4) is 0 Å². The molecule has 0 unspecified atom stereocenters. The van der Waals surface area contributed by atoms with Gasteiger partial charge in [-0.1, -0.05) is 6.92 Å². The van der Waals surface area contributed by atoms with Crippen molar-refractivity contribution in [2.24, 2.45) is 0 Å². The van der Waals surface area contributed by atoms with Gasteiger partial charge in [0.2, 0.25) is 0 Å². The number of nitrogens with one attached hydrogen (secondary N) is 2. The Balaban J connectivity index is 2.33. The number of aromatic nitrogens is 5. The molecule has 6 nitrogen and oxygen atoms in total. The van der Waals surface area contributed by atoms with Crippen LogP contribution in [0, 0.1) is 6.92 Å². The predicted octanol–water partition coefficient (Wildman–Crippen LogP) is 2.44. The number of hydrogen-bond acceptors (Lipinski definition) is 6. The molecule has 7 heteroatoms. The summed E-state index contributed by atoms with van der Waals surface area (Å²) in [7, 11) is 0. The van der Waals surface area contributed by atoms with Crippen molar-refractivity contribution in [2.45, 2.75) is 43.8 Å². The van der Waals surface area contributed by atoms with E-state index < -0.39 is 0 Å². The largest absolute Gasteiger partial charge is 0.370 e. The van der Waals surface area contributed by atoms with Crippen molar-refractivity contribution in [1.29, 1.82) is 0 Å². The third kappa shape index (κ3) is 3.44. The molecule has 19 heavy (non-hydrogen) atoms. The highest BCUT2D eigenvalue weighted by Gasteiger charge is 2.12. The zero-order chi connectivity index (χ0) is 13.7. The minimum absolute atomic E-state index is 0.742. The van der Waals surface area contributed by atoms with E-state index in [9.17, 15) is 0 Å². The van der Waals surface area contributed by atoms with Crippen LogP contribution in [-0.2, 0) is 6.42 Å². The van der Waals surface area contributed by atoms with Crippen LogP contribution in [0.1, 0.15) is 31.7 Å². The summed E-state index contributed by atoms with van der Waals surface area (Å²) < 4.78 is 0. The normalized spacial score (nSPS) is 10.7. The Morgan fingerprint density at radius 2 is 2.16 bits per heavy atom. The summed E-state index contributed by atoms with van der Waals surface area (Å²) in [6, 6.07) is 0. The highest BCUT2D eigenvalue weighted by atomic mass is 32.2. The van der Waals surface area contributed by atoms with Crippen molar-refractivity contribution in [2.75, 3.05) is 11.9 Å². The minimum Gasteiger partial charge on any atom is -0.370 e. The maximum atomic E-state index is 4.60. The zero-order valence-electron chi connectivity index (χ0n) is 11.4. The number of hydrogen-bond donors (Lipinski definition) is 2. The molecule has 0 saturated heterocycles. The molecule has 2 aromatic rings. The van der Waals surface area contributed by atoms with E-state index in [4.69, 9.17) is 0 Å². The van der Waals surface area contributed by atoms with E-state index in [-0.39, 0.29) is 0 Å². The fourth-order valence-corrected chi connectivity index (χ4v) is 2.43. The Hall–Kier alpha value is -1.63. The second-order valence-corrected chi connectivity index (χ2v) is 5.07. The average Bonchev–Trinajstić information content (AvgIpc) is 2.88. The van der Waals surface area contributed by atoms with E-state index in [1.165, 1.54) is 18.1 Å². The van der Waals surface area contributed by atoms with Gasteiger partial charge in [-0.3, -0.25) is 5.10 Å². The van der Waals surface area contributed by atoms with Gasteiger partial charge in [0.15, 0.2) is 5.16 Å². The molecule has 0 aliphatic heterocycles. The van der Waals surface area contributed by atoms with Gasteiger partial charge in [0, 0.05) is 18.5 Å². The van der Waals surface area contributed by atoms with Crippen molar-refractivity contribution in [3.8, 4) is 0 Å². The molecule has 0 spiro atoms. The van der Waals surface area contributed by atoms with Crippen LogP contribution < -0.4 is 5.32 Å². The van der Waals surface area contributed by atoms with E-state index in [1.807, 2.05) is 6.92 Å². The molecular weight excluding hydrogens is 260 g/mol. The van der Waals surface area contributed by atoms with Crippen molar-refractivity contribution < 1.29 is 0 Å². The fourth-order valence-electron chi connectivity index (χ4n) is 1.65. The molecule has 2 N–H and O–H groups in total. The van der Waals surface area contributed by atoms with Crippen LogP contribution >= 0.6 is 11.8 Å². The summed E-state index contributed by atoms with van der Waals surface area (Å²) in [5.41, 5.74) is 1.04. The molecule has 102 valence electrons. The van der Waals surface area contributed by atoms with E-state index in [2.05, 4.69) is 44.3 Å². The zero-order valence-corrected chi connectivity index (χ0v) is 12.2. The summed E-state index contributed by atoms with van der Waals surface area (Å²) in [5.74, 6) is 1.77. The molecule has 0 aliphatic rings. The molecule has 0 amide bonds. The van der Waals surface area contributed by atoms with Crippen LogP contribution in [0.2, 0.25) is 0 Å². The van der Waals surface area contributed by atoms with Crippen LogP contribution in [0.5, 0.6) is 0 Å². The van der Waals surface area contributed by atoms with Crippen molar-refractivity contribution in [3.05, 3.63) is 17.7 Å². The van der Waals surface area contributed by atoms with Crippen LogP contribution in [0.15, 0.2) is 16.5 Å². The van der Waals surface area contributed by atoms with Gasteiger partial charge in [0.25, 0.3) is 0 Å². The maximum Gasteiger partial charge on any atom is 0.189 e. The first kappa shape index (κ1) is 13.8. The first-order chi connectivity index (χ1) is 9.24. The van der Waals surface area contributed by atoms with Crippen LogP contribution in [0.25, 0.3) is 0 Å². The Morgan fingerprint density at radius 1 is 1.32 bits per heavy atom. The molecule has 0 aromatic carbocycles. The van der Waals surface area contributed by atoms with Crippen molar-refractivity contribution >= 4 is 17.6 Å². The van der Waals surface area contributed by atoms with E-state index >= 15 is 0 Å². The lowest BCUT2D eigenvalue weighted by Gasteiger charge is -2.11. The van der Waals surface area contributed by atoms with Gasteiger partial charge in [0.05, 0.1) is 0 Å². The summed E-state index contributed by atoms with van der Waals surface area (Å²) in [4.78, 5) is 13.3. The van der Waals surface area contributed by atoms with E-state index in [0.29, 0.717) is 0 Å². The average molecular weight is 278 g/mol. The number of rotatable bonds is 6. The molecule has 0 fully saturated rings. The first-order valence-electron chi connectivity index (χ1n) is 6.39. The summed E-state index contributed by atoms with van der Waals surface area (Å²) >= 11 is 1.48. The molecule has 2 heterocycles. The minimum atomic E-state index is 0.742. The number of H-pyrrole nitrogens is 1. The topological polar surface area (TPSA) is 79.4 Å². The number of aromatic amines is 1. The number of aryl methyl sites for hydroxylation is 1. The third-order valence-corrected chi connectivity index (χ3v) is 3.53. The molecular formula is C12H18N6S. The van der Waals surface area contributed by atoms with Gasteiger partial charge in [0.1, 0.15) is 23.0 Å². The molecule has 2 aromatic heterocycles. The molecule has 2 rings (SSSR count). The van der Waals surface area contributed by atoms with E-state index in [0.717, 1.165) is 46.8 Å². The third-order valence-electron chi connectivity index (χ3n) is 2.55. The summed E-state index contributed by atoms with van der Waals surface area (Å²) in [6.07, 6.45) is 3.40. The van der Waals surface area contributed by atoms with Gasteiger partial charge >= 0.3 is 0 Å². The van der Waals surface area contributed by atoms with Gasteiger partial charge in [-0.05, 0) is 32.0 Å². The summed E-state index contributed by atoms with van der Waals surface area (Å²) in [5, 5.41) is 11.6. The SMILES string of the molecule is CCCc1nc(NCC)c(C)c(Sc2ncn[nH]2)n1. The van der Waals surface area contributed by atoms with Crippen molar-refractivity contribution in [3.63, 3.8) is 0 Å².